The van der Waals surface area contributed by atoms with E-state index in [1.807, 2.05) is 24.3 Å². The summed E-state index contributed by atoms with van der Waals surface area (Å²) in [4.78, 5) is 13.4. The van der Waals surface area contributed by atoms with E-state index in [9.17, 15) is 14.3 Å². The largest absolute Gasteiger partial charge is 0.507 e. The predicted octanol–water partition coefficient (Wildman–Crippen LogP) is 4.34. The summed E-state index contributed by atoms with van der Waals surface area (Å²) in [5.41, 5.74) is 2.11. The first-order valence-corrected chi connectivity index (χ1v) is 10.2. The van der Waals surface area contributed by atoms with E-state index in [0.717, 1.165) is 11.4 Å². The number of halogens is 1. The number of rotatable bonds is 8. The fourth-order valence-corrected chi connectivity index (χ4v) is 3.55. The number of carbonyl (C=O) groups is 1. The third-order valence-corrected chi connectivity index (χ3v) is 5.35. The molecule has 0 radical (unpaired) electrons. The SMILES string of the molecule is COc1ccc(-n2cc(CC(C(=O)c3ccc(OC)cc3O)c3ccc(F)cc3)nn2)cc1. The molecule has 0 aliphatic rings. The number of ketones is 1. The van der Waals surface area contributed by atoms with Gasteiger partial charge in [0.15, 0.2) is 5.78 Å². The minimum absolute atomic E-state index is 0.146. The summed E-state index contributed by atoms with van der Waals surface area (Å²) in [5.74, 6) is -0.451. The first-order valence-electron chi connectivity index (χ1n) is 10.2. The normalized spacial score (nSPS) is 11.7. The van der Waals surface area contributed by atoms with Crippen molar-refractivity contribution in [3.8, 4) is 22.9 Å². The molecule has 0 amide bonds. The summed E-state index contributed by atoms with van der Waals surface area (Å²) in [6.45, 7) is 0. The fourth-order valence-electron chi connectivity index (χ4n) is 3.55. The van der Waals surface area contributed by atoms with Crippen LogP contribution in [0.15, 0.2) is 72.9 Å². The number of aromatic nitrogens is 3. The molecule has 7 nitrogen and oxygen atoms in total. The summed E-state index contributed by atoms with van der Waals surface area (Å²) < 4.78 is 25.4. The molecule has 4 rings (SSSR count). The number of hydrogen-bond acceptors (Lipinski definition) is 6. The predicted molar refractivity (Wildman–Crippen MR) is 120 cm³/mol. The maximum absolute atomic E-state index is 13.5. The van der Waals surface area contributed by atoms with Crippen LogP contribution < -0.4 is 9.47 Å². The topological polar surface area (TPSA) is 86.5 Å². The van der Waals surface area contributed by atoms with Crippen molar-refractivity contribution in [1.82, 2.24) is 15.0 Å². The molecule has 1 aromatic heterocycles. The molecule has 1 unspecified atom stereocenters. The smallest absolute Gasteiger partial charge is 0.174 e. The second-order valence-corrected chi connectivity index (χ2v) is 7.41. The molecule has 168 valence electrons. The molecule has 4 aromatic rings. The molecule has 1 heterocycles. The highest BCUT2D eigenvalue weighted by molar-refractivity contribution is 6.03. The van der Waals surface area contributed by atoms with Crippen molar-refractivity contribution in [2.45, 2.75) is 12.3 Å². The highest BCUT2D eigenvalue weighted by Gasteiger charge is 2.26. The van der Waals surface area contributed by atoms with Gasteiger partial charge in [-0.2, -0.15) is 0 Å². The van der Waals surface area contributed by atoms with Gasteiger partial charge in [0, 0.05) is 12.5 Å². The molecular weight excluding hydrogens is 425 g/mol. The van der Waals surface area contributed by atoms with Crippen molar-refractivity contribution in [1.29, 1.82) is 0 Å². The highest BCUT2D eigenvalue weighted by Crippen LogP contribution is 2.31. The Bertz CT molecular complexity index is 1250. The van der Waals surface area contributed by atoms with Gasteiger partial charge < -0.3 is 14.6 Å². The number of Topliss-reactive ketones (excluding diaryl/α,β-unsaturated/α-hetero) is 1. The molecule has 0 aliphatic carbocycles. The zero-order valence-electron chi connectivity index (χ0n) is 18.1. The van der Waals surface area contributed by atoms with Crippen LogP contribution in [0.2, 0.25) is 0 Å². The van der Waals surface area contributed by atoms with E-state index in [0.29, 0.717) is 17.0 Å². The Labute approximate surface area is 190 Å². The number of aromatic hydroxyl groups is 1. The van der Waals surface area contributed by atoms with Gasteiger partial charge in [0.1, 0.15) is 23.1 Å². The minimum Gasteiger partial charge on any atom is -0.507 e. The standard InChI is InChI=1S/C25H22FN3O4/c1-32-20-9-7-19(8-10-20)29-15-18(27-28-29)13-23(16-3-5-17(26)6-4-16)25(31)22-12-11-21(33-2)14-24(22)30/h3-12,14-15,23,30H,13H2,1-2H3. The molecule has 0 saturated heterocycles. The lowest BCUT2D eigenvalue weighted by molar-refractivity contribution is 0.0955. The van der Waals surface area contributed by atoms with Crippen LogP contribution in [0.5, 0.6) is 17.2 Å². The van der Waals surface area contributed by atoms with Crippen LogP contribution >= 0.6 is 0 Å². The number of hydrogen-bond donors (Lipinski definition) is 1. The van der Waals surface area contributed by atoms with Crippen molar-refractivity contribution in [2.75, 3.05) is 14.2 Å². The van der Waals surface area contributed by atoms with Crippen LogP contribution in [0.4, 0.5) is 4.39 Å². The molecule has 0 spiro atoms. The number of carbonyl (C=O) groups excluding carboxylic acids is 1. The number of nitrogens with zero attached hydrogens (tertiary/aromatic N) is 3. The molecule has 1 N–H and O–H groups in total. The molecule has 0 bridgehead atoms. The highest BCUT2D eigenvalue weighted by atomic mass is 19.1. The van der Waals surface area contributed by atoms with E-state index in [1.165, 1.54) is 31.4 Å². The Hall–Kier alpha value is -4.20. The average Bonchev–Trinajstić information content (AvgIpc) is 3.31. The zero-order chi connectivity index (χ0) is 23.4. The molecule has 0 fully saturated rings. The second-order valence-electron chi connectivity index (χ2n) is 7.41. The third kappa shape index (κ3) is 4.85. The summed E-state index contributed by atoms with van der Waals surface area (Å²) in [7, 11) is 3.07. The van der Waals surface area contributed by atoms with E-state index >= 15 is 0 Å². The van der Waals surface area contributed by atoms with Gasteiger partial charge in [-0.05, 0) is 54.1 Å². The van der Waals surface area contributed by atoms with E-state index in [1.54, 1.807) is 36.2 Å². The van der Waals surface area contributed by atoms with Gasteiger partial charge in [0.05, 0.1) is 43.3 Å². The van der Waals surface area contributed by atoms with E-state index in [-0.39, 0.29) is 23.5 Å². The van der Waals surface area contributed by atoms with Gasteiger partial charge in [-0.25, -0.2) is 9.07 Å². The number of ether oxygens (including phenoxy) is 2. The molecule has 8 heteroatoms. The van der Waals surface area contributed by atoms with Crippen molar-refractivity contribution in [3.05, 3.63) is 95.6 Å². The zero-order valence-corrected chi connectivity index (χ0v) is 18.1. The lowest BCUT2D eigenvalue weighted by atomic mass is 9.86. The third-order valence-electron chi connectivity index (χ3n) is 5.35. The van der Waals surface area contributed by atoms with Gasteiger partial charge in [-0.15, -0.1) is 5.10 Å². The molecule has 1 atom stereocenters. The Morgan fingerprint density at radius 3 is 2.30 bits per heavy atom. The van der Waals surface area contributed by atoms with Crippen LogP contribution in [-0.2, 0) is 6.42 Å². The molecule has 0 saturated carbocycles. The summed E-state index contributed by atoms with van der Waals surface area (Å²) in [6, 6.07) is 17.5. The van der Waals surface area contributed by atoms with Gasteiger partial charge >= 0.3 is 0 Å². The van der Waals surface area contributed by atoms with E-state index < -0.39 is 11.7 Å². The maximum atomic E-state index is 13.5. The molecule has 0 aliphatic heterocycles. The molecular formula is C25H22FN3O4. The van der Waals surface area contributed by atoms with Gasteiger partial charge in [0.2, 0.25) is 0 Å². The molecule has 3 aromatic carbocycles. The maximum Gasteiger partial charge on any atom is 0.174 e. The van der Waals surface area contributed by atoms with Crippen LogP contribution in [0.3, 0.4) is 0 Å². The van der Waals surface area contributed by atoms with Crippen molar-refractivity contribution in [3.63, 3.8) is 0 Å². The van der Waals surface area contributed by atoms with Gasteiger partial charge in [0.25, 0.3) is 0 Å². The number of methoxy groups -OCH3 is 2. The number of phenols is 1. The van der Waals surface area contributed by atoms with Crippen molar-refractivity contribution >= 4 is 5.78 Å². The van der Waals surface area contributed by atoms with E-state index in [2.05, 4.69) is 10.3 Å². The fraction of sp³-hybridized carbons (Fsp3) is 0.160. The lowest BCUT2D eigenvalue weighted by Gasteiger charge is -2.16. The van der Waals surface area contributed by atoms with Crippen molar-refractivity contribution in [2.24, 2.45) is 0 Å². The summed E-state index contributed by atoms with van der Waals surface area (Å²) in [6.07, 6.45) is 1.95. The second kappa shape index (κ2) is 9.52. The Morgan fingerprint density at radius 1 is 1.00 bits per heavy atom. The van der Waals surface area contributed by atoms with Crippen LogP contribution in [0.25, 0.3) is 5.69 Å². The van der Waals surface area contributed by atoms with Crippen molar-refractivity contribution < 1.29 is 23.8 Å². The van der Waals surface area contributed by atoms with Crippen LogP contribution in [-0.4, -0.2) is 40.1 Å². The van der Waals surface area contributed by atoms with E-state index in [4.69, 9.17) is 9.47 Å². The first-order chi connectivity index (χ1) is 16.0. The summed E-state index contributed by atoms with van der Waals surface area (Å²) >= 11 is 0. The first kappa shape index (κ1) is 22.0. The van der Waals surface area contributed by atoms with Crippen LogP contribution in [0, 0.1) is 5.82 Å². The van der Waals surface area contributed by atoms with Crippen LogP contribution in [0.1, 0.15) is 27.5 Å². The Kier molecular flexibility index (Phi) is 6.35. The molecule has 33 heavy (non-hydrogen) atoms. The number of benzene rings is 3. The van der Waals surface area contributed by atoms with Gasteiger partial charge in [-0.1, -0.05) is 17.3 Å². The van der Waals surface area contributed by atoms with Gasteiger partial charge in [-0.3, -0.25) is 4.79 Å². The summed E-state index contributed by atoms with van der Waals surface area (Å²) in [5, 5.41) is 18.8. The Morgan fingerprint density at radius 2 is 1.67 bits per heavy atom. The minimum atomic E-state index is -0.703. The lowest BCUT2D eigenvalue weighted by Crippen LogP contribution is -2.16. The average molecular weight is 447 g/mol. The monoisotopic (exact) mass is 447 g/mol. The quantitative estimate of drug-likeness (QED) is 0.405. The number of phenolic OH excluding ortho intramolecular Hbond substituents is 1. The Balaban J connectivity index is 1.65.